The number of nitrogens with zero attached hydrogens (tertiary/aromatic N) is 1. The lowest BCUT2D eigenvalue weighted by Gasteiger charge is -2.17. The number of hydrogen-bond donors (Lipinski definition) is 4. The quantitative estimate of drug-likeness (QED) is 0.461. The minimum absolute atomic E-state index is 0.0295. The van der Waals surface area contributed by atoms with Crippen LogP contribution in [0.5, 0.6) is 0 Å². The summed E-state index contributed by atoms with van der Waals surface area (Å²) in [6.07, 6.45) is 0. The van der Waals surface area contributed by atoms with Crippen LogP contribution < -0.4 is 26.4 Å². The molecule has 0 aliphatic heterocycles. The van der Waals surface area contributed by atoms with Gasteiger partial charge in [-0.25, -0.2) is 13.1 Å². The van der Waals surface area contributed by atoms with E-state index in [4.69, 9.17) is 11.5 Å². The molecule has 0 unspecified atom stereocenters. The summed E-state index contributed by atoms with van der Waals surface area (Å²) in [5.41, 5.74) is 11.7. The summed E-state index contributed by atoms with van der Waals surface area (Å²) in [4.78, 5) is 13.7. The third-order valence-corrected chi connectivity index (χ3v) is 5.46. The number of hydrogen-bond acceptors (Lipinski definition) is 6. The molecule has 0 bridgehead atoms. The number of amides is 1. The average molecular weight is 379 g/mol. The van der Waals surface area contributed by atoms with Crippen LogP contribution in [0, 0.1) is 0 Å². The molecule has 0 aliphatic rings. The molecule has 26 heavy (non-hydrogen) atoms. The molecule has 0 aromatic heterocycles. The minimum Gasteiger partial charge on any atom is -0.377 e. The highest BCUT2D eigenvalue weighted by Gasteiger charge is 2.18. The normalized spacial score (nSPS) is 12.8. The Kier molecular flexibility index (Phi) is 6.54. The minimum atomic E-state index is -3.73. The van der Waals surface area contributed by atoms with Crippen molar-refractivity contribution in [2.45, 2.75) is 10.9 Å². The Morgan fingerprint density at radius 1 is 1.12 bits per heavy atom. The maximum absolute atomic E-state index is 12.7. The van der Waals surface area contributed by atoms with Crippen molar-refractivity contribution in [1.82, 2.24) is 10.0 Å². The van der Waals surface area contributed by atoms with Gasteiger partial charge in [-0.15, -0.1) is 0 Å². The van der Waals surface area contributed by atoms with Crippen LogP contribution in [-0.2, 0) is 14.8 Å². The van der Waals surface area contributed by atoms with E-state index >= 15 is 0 Å². The van der Waals surface area contributed by atoms with Crippen LogP contribution >= 0.6 is 0 Å². The van der Waals surface area contributed by atoms with Gasteiger partial charge in [0, 0.05) is 50.2 Å². The Balaban J connectivity index is 2.17. The molecule has 0 saturated carbocycles. The Morgan fingerprint density at radius 3 is 2.42 bits per heavy atom. The second-order valence-corrected chi connectivity index (χ2v) is 7.79. The highest BCUT2D eigenvalue weighted by molar-refractivity contribution is 7.89. The summed E-state index contributed by atoms with van der Waals surface area (Å²) in [5.74, 6) is -0.410. The van der Waals surface area contributed by atoms with Crippen molar-refractivity contribution >= 4 is 32.4 Å². The van der Waals surface area contributed by atoms with Gasteiger partial charge in [0.25, 0.3) is 0 Å². The van der Waals surface area contributed by atoms with Gasteiger partial charge in [-0.3, -0.25) is 4.79 Å². The Labute approximate surface area is 153 Å². The second kappa shape index (κ2) is 8.45. The van der Waals surface area contributed by atoms with Gasteiger partial charge in [-0.2, -0.15) is 0 Å². The second-order valence-electron chi connectivity index (χ2n) is 6.05. The Bertz CT molecular complexity index is 883. The van der Waals surface area contributed by atoms with E-state index in [0.717, 1.165) is 11.1 Å². The van der Waals surface area contributed by atoms with E-state index in [1.54, 1.807) is 18.2 Å². The van der Waals surface area contributed by atoms with Gasteiger partial charge in [0.15, 0.2) is 0 Å². The summed E-state index contributed by atoms with van der Waals surface area (Å²) in [6, 6.07) is 9.90. The number of rotatable bonds is 8. The molecule has 8 nitrogen and oxygen atoms in total. The fraction of sp³-hybridized carbons (Fsp3) is 0.353. The summed E-state index contributed by atoms with van der Waals surface area (Å²) in [5, 5.41) is 4.03. The van der Waals surface area contributed by atoms with E-state index in [1.165, 1.54) is 0 Å². The zero-order valence-electron chi connectivity index (χ0n) is 14.9. The van der Waals surface area contributed by atoms with Crippen LogP contribution in [-0.4, -0.2) is 54.1 Å². The topological polar surface area (TPSA) is 131 Å². The molecule has 142 valence electrons. The summed E-state index contributed by atoms with van der Waals surface area (Å²) < 4.78 is 27.9. The first-order chi connectivity index (χ1) is 12.3. The van der Waals surface area contributed by atoms with Gasteiger partial charge in [-0.1, -0.05) is 24.3 Å². The van der Waals surface area contributed by atoms with Gasteiger partial charge in [0.05, 0.1) is 10.9 Å². The Morgan fingerprint density at radius 2 is 1.77 bits per heavy atom. The lowest BCUT2D eigenvalue weighted by Crippen LogP contribution is -2.47. The first kappa shape index (κ1) is 20.1. The van der Waals surface area contributed by atoms with E-state index in [9.17, 15) is 13.2 Å². The summed E-state index contributed by atoms with van der Waals surface area (Å²) in [6.45, 7) is 0.205. The van der Waals surface area contributed by atoms with Crippen molar-refractivity contribution in [1.29, 1.82) is 0 Å². The first-order valence-corrected chi connectivity index (χ1v) is 9.68. The summed E-state index contributed by atoms with van der Waals surface area (Å²) >= 11 is 0. The van der Waals surface area contributed by atoms with Gasteiger partial charge >= 0.3 is 0 Å². The molecule has 1 amide bonds. The van der Waals surface area contributed by atoms with E-state index in [1.807, 2.05) is 37.2 Å². The van der Waals surface area contributed by atoms with E-state index < -0.39 is 22.0 Å². The molecule has 2 aromatic carbocycles. The standard InChI is InChI=1S/C17H25N5O3S/c1-22(2)15-7-3-6-13-12(15)5-4-8-16(13)26(24,25)21-10-9-20-17(23)14(19)11-18/h3-8,14,21H,9-11,18-19H2,1-2H3,(H,20,23)/t14-/m0/s1. The first-order valence-electron chi connectivity index (χ1n) is 8.20. The molecule has 2 rings (SSSR count). The van der Waals surface area contributed by atoms with E-state index in [0.29, 0.717) is 5.39 Å². The lowest BCUT2D eigenvalue weighted by atomic mass is 10.1. The van der Waals surface area contributed by atoms with Crippen molar-refractivity contribution in [3.05, 3.63) is 36.4 Å². The largest absolute Gasteiger partial charge is 0.377 e. The van der Waals surface area contributed by atoms with E-state index in [-0.39, 0.29) is 24.5 Å². The molecule has 0 saturated heterocycles. The fourth-order valence-corrected chi connectivity index (χ4v) is 3.83. The SMILES string of the molecule is CN(C)c1cccc2c(S(=O)(=O)NCCNC(=O)[C@@H](N)CN)cccc12. The van der Waals surface area contributed by atoms with Gasteiger partial charge < -0.3 is 21.7 Å². The lowest BCUT2D eigenvalue weighted by molar-refractivity contribution is -0.122. The molecule has 2 aromatic rings. The number of sulfonamides is 1. The number of anilines is 1. The number of benzene rings is 2. The predicted octanol–water partition coefficient (Wildman–Crippen LogP) is -0.414. The highest BCUT2D eigenvalue weighted by atomic mass is 32.2. The molecule has 0 aliphatic carbocycles. The van der Waals surface area contributed by atoms with Crippen LogP contribution in [0.3, 0.4) is 0 Å². The van der Waals surface area contributed by atoms with Crippen LogP contribution in [0.1, 0.15) is 0 Å². The molecular formula is C17H25N5O3S. The van der Waals surface area contributed by atoms with Crippen LogP contribution in [0.4, 0.5) is 5.69 Å². The van der Waals surface area contributed by atoms with Gasteiger partial charge in [-0.05, 0) is 12.1 Å². The van der Waals surface area contributed by atoms with Crippen molar-refractivity contribution in [3.63, 3.8) is 0 Å². The maximum Gasteiger partial charge on any atom is 0.241 e. The molecule has 6 N–H and O–H groups in total. The fourth-order valence-electron chi connectivity index (χ4n) is 2.58. The molecule has 9 heteroatoms. The maximum atomic E-state index is 12.7. The van der Waals surface area contributed by atoms with Crippen molar-refractivity contribution in [2.75, 3.05) is 38.6 Å². The average Bonchev–Trinajstić information content (AvgIpc) is 2.63. The molecule has 0 radical (unpaired) electrons. The zero-order valence-corrected chi connectivity index (χ0v) is 15.7. The van der Waals surface area contributed by atoms with Gasteiger partial charge in [0.1, 0.15) is 0 Å². The van der Waals surface area contributed by atoms with Crippen molar-refractivity contribution in [3.8, 4) is 0 Å². The van der Waals surface area contributed by atoms with Crippen LogP contribution in [0.25, 0.3) is 10.8 Å². The molecule has 0 fully saturated rings. The number of carbonyl (C=O) groups is 1. The highest BCUT2D eigenvalue weighted by Crippen LogP contribution is 2.29. The molecular weight excluding hydrogens is 354 g/mol. The smallest absolute Gasteiger partial charge is 0.241 e. The number of nitrogens with two attached hydrogens (primary N) is 2. The third-order valence-electron chi connectivity index (χ3n) is 3.94. The van der Waals surface area contributed by atoms with E-state index in [2.05, 4.69) is 10.0 Å². The van der Waals surface area contributed by atoms with Crippen LogP contribution in [0.15, 0.2) is 41.3 Å². The van der Waals surface area contributed by atoms with Crippen molar-refractivity contribution < 1.29 is 13.2 Å². The van der Waals surface area contributed by atoms with Crippen molar-refractivity contribution in [2.24, 2.45) is 11.5 Å². The molecule has 0 spiro atoms. The molecule has 1 atom stereocenters. The Hall–Kier alpha value is -2.20. The summed E-state index contributed by atoms with van der Waals surface area (Å²) in [7, 11) is 0.0825. The number of fused-ring (bicyclic) bond motifs is 1. The van der Waals surface area contributed by atoms with Gasteiger partial charge in [0.2, 0.25) is 15.9 Å². The number of nitrogens with one attached hydrogen (secondary N) is 2. The monoisotopic (exact) mass is 379 g/mol. The number of carbonyl (C=O) groups excluding carboxylic acids is 1. The molecule has 0 heterocycles. The third kappa shape index (κ3) is 4.50. The predicted molar refractivity (Wildman–Crippen MR) is 104 cm³/mol. The van der Waals surface area contributed by atoms with Crippen LogP contribution in [0.2, 0.25) is 0 Å². The zero-order chi connectivity index (χ0) is 19.3.